The molecule has 0 aliphatic carbocycles. The van der Waals surface area contributed by atoms with E-state index in [0.717, 1.165) is 0 Å². The van der Waals surface area contributed by atoms with Crippen LogP contribution in [-0.4, -0.2) is 12.6 Å². The third-order valence-electron chi connectivity index (χ3n) is 4.92. The van der Waals surface area contributed by atoms with Crippen molar-refractivity contribution in [2.24, 2.45) is 0 Å². The van der Waals surface area contributed by atoms with Gasteiger partial charge in [-0.25, -0.2) is 9.18 Å². The summed E-state index contributed by atoms with van der Waals surface area (Å²) in [5.74, 6) is 0.370. The largest absolute Gasteiger partial charge is 0.489 e. The number of carbonyl (C=O) groups is 1. The first kappa shape index (κ1) is 22.1. The van der Waals surface area contributed by atoms with Crippen LogP contribution in [0, 0.1) is 12.7 Å². The van der Waals surface area contributed by atoms with Crippen LogP contribution in [0.2, 0.25) is 0 Å². The highest BCUT2D eigenvalue weighted by Crippen LogP contribution is 2.28. The van der Waals surface area contributed by atoms with Crippen LogP contribution in [0.3, 0.4) is 0 Å². The van der Waals surface area contributed by atoms with E-state index >= 15 is 0 Å². The molecular weight excluding hydrogens is 427 g/mol. The van der Waals surface area contributed by atoms with Crippen LogP contribution in [0.25, 0.3) is 11.0 Å². The van der Waals surface area contributed by atoms with Crippen molar-refractivity contribution in [3.8, 4) is 17.2 Å². The van der Waals surface area contributed by atoms with Gasteiger partial charge < -0.3 is 18.6 Å². The van der Waals surface area contributed by atoms with Gasteiger partial charge in [0.2, 0.25) is 11.2 Å². The van der Waals surface area contributed by atoms with Crippen molar-refractivity contribution in [1.29, 1.82) is 0 Å². The van der Waals surface area contributed by atoms with E-state index in [4.69, 9.17) is 18.6 Å². The fourth-order valence-electron chi connectivity index (χ4n) is 3.24. The van der Waals surface area contributed by atoms with Crippen LogP contribution in [0.15, 0.2) is 75.9 Å². The average Bonchev–Trinajstić information content (AvgIpc) is 2.81. The Morgan fingerprint density at radius 3 is 2.45 bits per heavy atom. The molecule has 0 spiro atoms. The summed E-state index contributed by atoms with van der Waals surface area (Å²) in [6.07, 6.45) is 0. The molecule has 0 radical (unpaired) electrons. The van der Waals surface area contributed by atoms with Crippen molar-refractivity contribution in [2.45, 2.75) is 20.5 Å². The van der Waals surface area contributed by atoms with E-state index in [1.807, 2.05) is 0 Å². The molecule has 1 heterocycles. The SMILES string of the molecule is CCOC(=O)c1ccc(Oc2c(C)oc3cc(OCc4ccccc4F)ccc3c2=O)cc1. The highest BCUT2D eigenvalue weighted by atomic mass is 19.1. The number of benzene rings is 3. The molecule has 3 aromatic carbocycles. The Bertz CT molecular complexity index is 1360. The minimum Gasteiger partial charge on any atom is -0.489 e. The second kappa shape index (κ2) is 9.56. The summed E-state index contributed by atoms with van der Waals surface area (Å²) in [6, 6.07) is 17.4. The maximum Gasteiger partial charge on any atom is 0.338 e. The zero-order chi connectivity index (χ0) is 23.4. The fraction of sp³-hybridized carbons (Fsp3) is 0.154. The number of hydrogen-bond acceptors (Lipinski definition) is 6. The van der Waals surface area contributed by atoms with Gasteiger partial charge in [-0.15, -0.1) is 0 Å². The zero-order valence-electron chi connectivity index (χ0n) is 18.1. The predicted molar refractivity (Wildman–Crippen MR) is 120 cm³/mol. The van der Waals surface area contributed by atoms with Crippen LogP contribution in [-0.2, 0) is 11.3 Å². The monoisotopic (exact) mass is 448 g/mol. The second-order valence-electron chi connectivity index (χ2n) is 7.20. The smallest absolute Gasteiger partial charge is 0.338 e. The van der Waals surface area contributed by atoms with Crippen molar-refractivity contribution >= 4 is 16.9 Å². The van der Waals surface area contributed by atoms with Crippen LogP contribution >= 0.6 is 0 Å². The molecule has 0 bridgehead atoms. The minimum absolute atomic E-state index is 0.0460. The van der Waals surface area contributed by atoms with Gasteiger partial charge in [-0.3, -0.25) is 4.79 Å². The molecule has 0 unspecified atom stereocenters. The lowest BCUT2D eigenvalue weighted by atomic mass is 10.2. The van der Waals surface area contributed by atoms with Gasteiger partial charge >= 0.3 is 5.97 Å². The summed E-state index contributed by atoms with van der Waals surface area (Å²) in [4.78, 5) is 24.8. The topological polar surface area (TPSA) is 75.0 Å². The van der Waals surface area contributed by atoms with Gasteiger partial charge in [0.05, 0.1) is 17.6 Å². The van der Waals surface area contributed by atoms with Crippen molar-refractivity contribution in [3.63, 3.8) is 0 Å². The molecule has 0 amide bonds. The first-order valence-corrected chi connectivity index (χ1v) is 10.3. The Kier molecular flexibility index (Phi) is 6.40. The number of hydrogen-bond donors (Lipinski definition) is 0. The highest BCUT2D eigenvalue weighted by Gasteiger charge is 2.15. The lowest BCUT2D eigenvalue weighted by Crippen LogP contribution is -2.08. The molecule has 4 aromatic rings. The predicted octanol–water partition coefficient (Wildman–Crippen LogP) is 5.79. The molecule has 0 saturated heterocycles. The minimum atomic E-state index is -0.432. The molecule has 0 saturated carbocycles. The number of ether oxygens (including phenoxy) is 3. The molecule has 0 aliphatic rings. The molecular formula is C26H21FO6. The van der Waals surface area contributed by atoms with Crippen LogP contribution < -0.4 is 14.9 Å². The normalized spacial score (nSPS) is 10.8. The Labute approximate surface area is 189 Å². The molecule has 1 aromatic heterocycles. The van der Waals surface area contributed by atoms with Gasteiger partial charge in [0, 0.05) is 11.6 Å². The molecule has 6 nitrogen and oxygen atoms in total. The number of fused-ring (bicyclic) bond motifs is 1. The van der Waals surface area contributed by atoms with Gasteiger partial charge in [0.15, 0.2) is 0 Å². The summed E-state index contributed by atoms with van der Waals surface area (Å²) >= 11 is 0. The van der Waals surface area contributed by atoms with Crippen molar-refractivity contribution in [2.75, 3.05) is 6.61 Å². The van der Waals surface area contributed by atoms with E-state index in [1.54, 1.807) is 74.5 Å². The van der Waals surface area contributed by atoms with Crippen molar-refractivity contribution in [3.05, 3.63) is 99.7 Å². The molecule has 0 atom stereocenters. The third-order valence-corrected chi connectivity index (χ3v) is 4.92. The van der Waals surface area contributed by atoms with Gasteiger partial charge in [0.1, 0.15) is 35.3 Å². The number of esters is 1. The third kappa shape index (κ3) is 4.87. The highest BCUT2D eigenvalue weighted by molar-refractivity contribution is 5.89. The van der Waals surface area contributed by atoms with Crippen LogP contribution in [0.1, 0.15) is 28.6 Å². The van der Waals surface area contributed by atoms with Crippen molar-refractivity contribution in [1.82, 2.24) is 0 Å². The summed E-state index contributed by atoms with van der Waals surface area (Å²) in [5.41, 5.74) is 0.791. The molecule has 0 aliphatic heterocycles. The van der Waals surface area contributed by atoms with Gasteiger partial charge in [0.25, 0.3) is 0 Å². The van der Waals surface area contributed by atoms with E-state index in [0.29, 0.717) is 33.6 Å². The number of aryl methyl sites for hydroxylation is 1. The Balaban J connectivity index is 1.55. The summed E-state index contributed by atoms with van der Waals surface area (Å²) < 4.78 is 36.0. The van der Waals surface area contributed by atoms with Gasteiger partial charge in [-0.05, 0) is 56.3 Å². The first-order valence-electron chi connectivity index (χ1n) is 10.3. The van der Waals surface area contributed by atoms with E-state index in [1.165, 1.54) is 6.07 Å². The first-order chi connectivity index (χ1) is 16.0. The van der Waals surface area contributed by atoms with Crippen LogP contribution in [0.5, 0.6) is 17.2 Å². The molecule has 168 valence electrons. The second-order valence-corrected chi connectivity index (χ2v) is 7.20. The average molecular weight is 448 g/mol. The van der Waals surface area contributed by atoms with Crippen LogP contribution in [0.4, 0.5) is 4.39 Å². The maximum absolute atomic E-state index is 13.8. The molecule has 0 fully saturated rings. The maximum atomic E-state index is 13.8. The Hall–Kier alpha value is -4.13. The molecule has 7 heteroatoms. The van der Waals surface area contributed by atoms with Crippen molar-refractivity contribution < 1.29 is 27.8 Å². The zero-order valence-corrected chi connectivity index (χ0v) is 18.1. The van der Waals surface area contributed by atoms with E-state index in [-0.39, 0.29) is 36.0 Å². The Morgan fingerprint density at radius 2 is 1.73 bits per heavy atom. The van der Waals surface area contributed by atoms with E-state index in [2.05, 4.69) is 0 Å². The standard InChI is InChI=1S/C26H21FO6/c1-3-30-26(29)17-8-10-19(11-9-17)33-25-16(2)32-23-14-20(12-13-21(23)24(25)28)31-15-18-6-4-5-7-22(18)27/h4-14H,3,15H2,1-2H3. The lowest BCUT2D eigenvalue weighted by Gasteiger charge is -2.11. The number of rotatable bonds is 7. The van der Waals surface area contributed by atoms with E-state index in [9.17, 15) is 14.0 Å². The fourth-order valence-corrected chi connectivity index (χ4v) is 3.24. The number of carbonyl (C=O) groups excluding carboxylic acids is 1. The molecule has 33 heavy (non-hydrogen) atoms. The van der Waals surface area contributed by atoms with Gasteiger partial charge in [-0.2, -0.15) is 0 Å². The summed E-state index contributed by atoms with van der Waals surface area (Å²) in [7, 11) is 0. The summed E-state index contributed by atoms with van der Waals surface area (Å²) in [6.45, 7) is 3.68. The lowest BCUT2D eigenvalue weighted by molar-refractivity contribution is 0.0526. The molecule has 0 N–H and O–H groups in total. The van der Waals surface area contributed by atoms with Gasteiger partial charge in [-0.1, -0.05) is 18.2 Å². The molecule has 4 rings (SSSR count). The summed E-state index contributed by atoms with van der Waals surface area (Å²) in [5, 5.41) is 0.317. The quantitative estimate of drug-likeness (QED) is 0.333. The number of halogens is 1. The Morgan fingerprint density at radius 1 is 1.00 bits per heavy atom. The van der Waals surface area contributed by atoms with E-state index < -0.39 is 5.97 Å².